The third-order valence-corrected chi connectivity index (χ3v) is 4.22. The number of rotatable bonds is 6. The first-order valence-electron chi connectivity index (χ1n) is 8.37. The predicted octanol–water partition coefficient (Wildman–Crippen LogP) is -7.07. The average molecular weight is 562 g/mol. The zero-order valence-electron chi connectivity index (χ0n) is 19.2. The monoisotopic (exact) mass is 562 g/mol. The van der Waals surface area contributed by atoms with E-state index in [1.807, 2.05) is 23.7 Å². The van der Waals surface area contributed by atoms with E-state index in [2.05, 4.69) is 68.6 Å². The molecule has 0 amide bonds. The molecule has 0 fully saturated rings. The minimum absolute atomic E-state index is 0. The van der Waals surface area contributed by atoms with Crippen molar-refractivity contribution < 1.29 is 106 Å². The number of esters is 2. The average Bonchev–Trinajstić information content (AvgIpc) is 2.82. The van der Waals surface area contributed by atoms with Crippen molar-refractivity contribution in [3.63, 3.8) is 0 Å². The summed E-state index contributed by atoms with van der Waals surface area (Å²) in [5.74, 6) is 25.5. The van der Waals surface area contributed by atoms with Crippen molar-refractivity contribution >= 4 is 34.1 Å². The molecule has 0 atom stereocenters. The maximum Gasteiger partial charge on any atom is 1.00 e. The molecule has 0 saturated heterocycles. The van der Waals surface area contributed by atoms with Gasteiger partial charge in [-0.15, -0.1) is 12.8 Å². The van der Waals surface area contributed by atoms with Crippen molar-refractivity contribution in [3.8, 4) is 107 Å². The van der Waals surface area contributed by atoms with Gasteiger partial charge in [-0.1, -0.05) is 0 Å². The number of carbonyl (C=O) groups is 2. The minimum Gasteiger partial charge on any atom is -0.744 e. The summed E-state index contributed by atoms with van der Waals surface area (Å²) in [5.41, 5.74) is 0. The number of benzene rings is 1. The summed E-state index contributed by atoms with van der Waals surface area (Å²) >= 11 is 0.0176. The summed E-state index contributed by atoms with van der Waals surface area (Å²) in [6.45, 7) is 0. The summed E-state index contributed by atoms with van der Waals surface area (Å²) < 4.78 is 48.4. The number of hydrogen-bond acceptors (Lipinski definition) is 11. The second-order valence-corrected chi connectivity index (χ2v) is 7.11. The number of ether oxygens (including phenoxy) is 2. The summed E-state index contributed by atoms with van der Waals surface area (Å²) in [5, 5.41) is 13.4. The van der Waals surface area contributed by atoms with Crippen LogP contribution in [0.25, 0.3) is 0 Å². The van der Waals surface area contributed by atoms with E-state index < -0.39 is 43.3 Å². The predicted molar refractivity (Wildman–Crippen MR) is 118 cm³/mol. The standard InChI is InChI=1S/C24H6O10S2.2Na/c1-3-5-7-9-11-13-15-22(25)31-20-17-19(36(28,29)30)18-21(35-34-33-27)24(20)32-23(26)16-14-12-10-8-6-4-2;;/h1-2,17-18,27H,(H,28,29,30);;/q;2*+1/p-2. The van der Waals surface area contributed by atoms with E-state index >= 15 is 0 Å². The molecule has 0 spiro atoms. The molecule has 1 aromatic rings. The van der Waals surface area contributed by atoms with Crippen molar-refractivity contribution in [2.45, 2.75) is 9.79 Å². The molecule has 0 radical (unpaired) electrons. The van der Waals surface area contributed by atoms with Gasteiger partial charge in [0.1, 0.15) is 10.1 Å². The molecular weight excluding hydrogens is 558 g/mol. The van der Waals surface area contributed by atoms with Gasteiger partial charge in [0.05, 0.1) is 21.8 Å². The molecule has 0 aliphatic heterocycles. The quantitative estimate of drug-likeness (QED) is 0.0375. The molecule has 0 unspecified atom stereocenters. The first-order chi connectivity index (χ1) is 17.2. The van der Waals surface area contributed by atoms with Gasteiger partial charge >= 0.3 is 71.1 Å². The van der Waals surface area contributed by atoms with Crippen LogP contribution in [0.5, 0.6) is 11.5 Å². The molecule has 0 saturated carbocycles. The SMILES string of the molecule is C#CC#CC#CC#CC(=O)Oc1cc(S(=O)(=O)[O-])cc(SOO[O-])c1OC(=O)C#CC#CC#CC#C.[Na+].[Na+]. The van der Waals surface area contributed by atoms with Gasteiger partial charge in [0, 0.05) is 17.9 Å². The Bertz CT molecular complexity index is 1650. The van der Waals surface area contributed by atoms with Crippen LogP contribution in [0.3, 0.4) is 0 Å². The van der Waals surface area contributed by atoms with Crippen LogP contribution in [-0.2, 0) is 29.1 Å². The molecule has 0 aromatic heterocycles. The molecule has 14 heteroatoms. The second-order valence-electron chi connectivity index (χ2n) is 4.99. The van der Waals surface area contributed by atoms with Crippen molar-refractivity contribution in [3.05, 3.63) is 12.1 Å². The zero-order chi connectivity index (χ0) is 26.8. The topological polar surface area (TPSA) is 151 Å². The molecule has 0 bridgehead atoms. The molecular formula is C24H4Na2O10S2. The van der Waals surface area contributed by atoms with Crippen molar-refractivity contribution in [2.75, 3.05) is 0 Å². The van der Waals surface area contributed by atoms with Crippen LogP contribution in [0.1, 0.15) is 0 Å². The first-order valence-corrected chi connectivity index (χ1v) is 10.5. The van der Waals surface area contributed by atoms with Gasteiger partial charge in [-0.3, -0.25) is 5.04 Å². The van der Waals surface area contributed by atoms with Crippen molar-refractivity contribution in [2.24, 2.45) is 0 Å². The number of hydrogen-bond donors (Lipinski definition) is 0. The van der Waals surface area contributed by atoms with E-state index in [1.54, 1.807) is 0 Å². The van der Waals surface area contributed by atoms with E-state index in [4.69, 9.17) is 22.3 Å². The Balaban J connectivity index is 0. The third-order valence-electron chi connectivity index (χ3n) is 2.81. The second kappa shape index (κ2) is 20.8. The van der Waals surface area contributed by atoms with Crippen LogP contribution in [0.2, 0.25) is 0 Å². The molecule has 0 aliphatic rings. The van der Waals surface area contributed by atoms with Gasteiger partial charge in [0.15, 0.2) is 11.5 Å². The molecule has 1 aromatic carbocycles. The van der Waals surface area contributed by atoms with E-state index in [0.717, 1.165) is 0 Å². The van der Waals surface area contributed by atoms with Gasteiger partial charge in [-0.25, -0.2) is 18.0 Å². The van der Waals surface area contributed by atoms with E-state index in [-0.39, 0.29) is 71.2 Å². The maximum atomic E-state index is 12.1. The van der Waals surface area contributed by atoms with Gasteiger partial charge in [0.25, 0.3) is 0 Å². The summed E-state index contributed by atoms with van der Waals surface area (Å²) in [6.07, 6.45) is 9.80. The van der Waals surface area contributed by atoms with Gasteiger partial charge in [0.2, 0.25) is 0 Å². The zero-order valence-corrected chi connectivity index (χ0v) is 24.8. The van der Waals surface area contributed by atoms with E-state index in [0.29, 0.717) is 12.1 Å². The Hall–Kier alpha value is -3.22. The normalized spacial score (nSPS) is 7.79. The molecule has 10 nitrogen and oxygen atoms in total. The number of terminal acetylenes is 2. The molecule has 38 heavy (non-hydrogen) atoms. The minimum atomic E-state index is -5.14. The fraction of sp³-hybridized carbons (Fsp3) is 0. The molecule has 0 heterocycles. The van der Waals surface area contributed by atoms with Crippen LogP contribution < -0.4 is 73.8 Å². The van der Waals surface area contributed by atoms with Crippen LogP contribution >= 0.6 is 12.0 Å². The van der Waals surface area contributed by atoms with E-state index in [1.165, 1.54) is 0 Å². The summed E-state index contributed by atoms with van der Waals surface area (Å²) in [4.78, 5) is 22.6. The first kappa shape index (κ1) is 36.9. The van der Waals surface area contributed by atoms with E-state index in [9.17, 15) is 27.8 Å². The van der Waals surface area contributed by atoms with Gasteiger partial charge in [-0.05, 0) is 77.1 Å². The molecule has 1 rings (SSSR count). The fourth-order valence-corrected chi connectivity index (χ4v) is 2.74. The Morgan fingerprint density at radius 2 is 1.26 bits per heavy atom. The Morgan fingerprint density at radius 1 is 0.789 bits per heavy atom. The van der Waals surface area contributed by atoms with Gasteiger partial charge < -0.3 is 19.3 Å². The Morgan fingerprint density at radius 3 is 1.74 bits per heavy atom. The summed E-state index contributed by atoms with van der Waals surface area (Å²) in [7, 11) is -5.14. The van der Waals surface area contributed by atoms with Crippen LogP contribution in [0, 0.1) is 95.7 Å². The largest absolute Gasteiger partial charge is 1.00 e. The van der Waals surface area contributed by atoms with Crippen molar-refractivity contribution in [1.82, 2.24) is 0 Å². The Kier molecular flexibility index (Phi) is 20.2. The van der Waals surface area contributed by atoms with Gasteiger partial charge in [-0.2, -0.15) is 4.33 Å². The van der Waals surface area contributed by atoms with Crippen LogP contribution in [-0.4, -0.2) is 24.9 Å². The van der Waals surface area contributed by atoms with Crippen LogP contribution in [0.15, 0.2) is 21.9 Å². The molecule has 0 N–H and O–H groups in total. The fourth-order valence-electron chi connectivity index (χ4n) is 1.65. The Labute approximate surface area is 266 Å². The molecule has 174 valence electrons. The van der Waals surface area contributed by atoms with Crippen molar-refractivity contribution in [1.29, 1.82) is 0 Å². The van der Waals surface area contributed by atoms with Crippen LogP contribution in [0.4, 0.5) is 0 Å². The maximum absolute atomic E-state index is 12.1. The third kappa shape index (κ3) is 15.1. The number of carbonyl (C=O) groups excluding carboxylic acids is 2. The molecule has 0 aliphatic carbocycles. The summed E-state index contributed by atoms with van der Waals surface area (Å²) in [6, 6.07) is 1.20. The smallest absolute Gasteiger partial charge is 0.744 e.